The summed E-state index contributed by atoms with van der Waals surface area (Å²) in [6, 6.07) is 15.6. The van der Waals surface area contributed by atoms with Crippen LogP contribution < -0.4 is 10.1 Å². The Hall–Kier alpha value is -2.37. The molecule has 0 aliphatic heterocycles. The van der Waals surface area contributed by atoms with E-state index in [4.69, 9.17) is 16.3 Å². The van der Waals surface area contributed by atoms with Gasteiger partial charge >= 0.3 is 0 Å². The molecule has 0 saturated carbocycles. The van der Waals surface area contributed by atoms with E-state index < -0.39 is 0 Å². The SMILES string of the molecule is CC(C)(C)c1ccc(OCCNC(=O)Cc2csc(-c3cccc(Cl)c3)n2)cc1. The summed E-state index contributed by atoms with van der Waals surface area (Å²) in [6.07, 6.45) is 0.247. The van der Waals surface area contributed by atoms with Crippen LogP contribution in [0.5, 0.6) is 5.75 Å². The Balaban J connectivity index is 1.42. The molecule has 0 spiro atoms. The van der Waals surface area contributed by atoms with Gasteiger partial charge in [-0.15, -0.1) is 11.3 Å². The third kappa shape index (κ3) is 6.31. The summed E-state index contributed by atoms with van der Waals surface area (Å²) in [5.41, 5.74) is 3.09. The van der Waals surface area contributed by atoms with E-state index in [9.17, 15) is 4.79 Å². The second kappa shape index (κ2) is 9.42. The molecular formula is C23H25ClN2O2S. The topological polar surface area (TPSA) is 51.2 Å². The zero-order valence-electron chi connectivity index (χ0n) is 16.9. The van der Waals surface area contributed by atoms with Crippen molar-refractivity contribution in [1.82, 2.24) is 10.3 Å². The summed E-state index contributed by atoms with van der Waals surface area (Å²) in [7, 11) is 0. The fourth-order valence-electron chi connectivity index (χ4n) is 2.78. The summed E-state index contributed by atoms with van der Waals surface area (Å²) in [5.74, 6) is 0.734. The monoisotopic (exact) mass is 428 g/mol. The molecule has 0 bridgehead atoms. The van der Waals surface area contributed by atoms with Gasteiger partial charge < -0.3 is 10.1 Å². The number of rotatable bonds is 7. The maximum atomic E-state index is 12.2. The number of amides is 1. The minimum atomic E-state index is -0.0698. The van der Waals surface area contributed by atoms with E-state index in [1.807, 2.05) is 41.8 Å². The van der Waals surface area contributed by atoms with Crippen LogP contribution in [-0.2, 0) is 16.6 Å². The average Bonchev–Trinajstić information content (AvgIpc) is 3.13. The summed E-state index contributed by atoms with van der Waals surface area (Å²) >= 11 is 7.54. The van der Waals surface area contributed by atoms with Crippen molar-refractivity contribution in [2.45, 2.75) is 32.6 Å². The number of nitrogens with zero attached hydrogens (tertiary/aromatic N) is 1. The predicted molar refractivity (Wildman–Crippen MR) is 120 cm³/mol. The van der Waals surface area contributed by atoms with Crippen LogP contribution in [0.1, 0.15) is 32.0 Å². The van der Waals surface area contributed by atoms with Gasteiger partial charge in [0.1, 0.15) is 17.4 Å². The van der Waals surface area contributed by atoms with E-state index in [0.717, 1.165) is 22.0 Å². The molecule has 0 saturated heterocycles. The van der Waals surface area contributed by atoms with Gasteiger partial charge in [0, 0.05) is 16.0 Å². The first-order valence-electron chi connectivity index (χ1n) is 9.52. The van der Waals surface area contributed by atoms with Crippen LogP contribution in [0.3, 0.4) is 0 Å². The first kappa shape index (κ1) is 21.3. The molecule has 0 aliphatic carbocycles. The molecule has 0 atom stereocenters. The second-order valence-corrected chi connectivity index (χ2v) is 9.10. The van der Waals surface area contributed by atoms with Crippen LogP contribution in [0.15, 0.2) is 53.9 Å². The van der Waals surface area contributed by atoms with Crippen molar-refractivity contribution in [2.24, 2.45) is 0 Å². The number of halogens is 1. The molecule has 1 heterocycles. The normalized spacial score (nSPS) is 11.3. The number of carbonyl (C=O) groups excluding carboxylic acids is 1. The van der Waals surface area contributed by atoms with Crippen molar-refractivity contribution in [1.29, 1.82) is 0 Å². The Bertz CT molecular complexity index is 962. The lowest BCUT2D eigenvalue weighted by Gasteiger charge is -2.19. The zero-order chi connectivity index (χ0) is 20.9. The molecule has 4 nitrogen and oxygen atoms in total. The quantitative estimate of drug-likeness (QED) is 0.505. The van der Waals surface area contributed by atoms with Gasteiger partial charge in [-0.3, -0.25) is 4.79 Å². The van der Waals surface area contributed by atoms with Crippen molar-refractivity contribution in [3.8, 4) is 16.3 Å². The van der Waals surface area contributed by atoms with E-state index in [0.29, 0.717) is 18.2 Å². The number of hydrogen-bond donors (Lipinski definition) is 1. The van der Waals surface area contributed by atoms with E-state index >= 15 is 0 Å². The van der Waals surface area contributed by atoms with Gasteiger partial charge in [0.15, 0.2) is 0 Å². The minimum absolute atomic E-state index is 0.0698. The fraction of sp³-hybridized carbons (Fsp3) is 0.304. The Kier molecular flexibility index (Phi) is 6.93. The number of hydrogen-bond acceptors (Lipinski definition) is 4. The third-order valence-corrected chi connectivity index (χ3v) is 5.55. The standard InChI is InChI=1S/C23H25ClN2O2S/c1-23(2,3)17-7-9-20(10-8-17)28-12-11-25-21(27)14-19-15-29-22(26-19)16-5-4-6-18(24)13-16/h4-10,13,15H,11-12,14H2,1-3H3,(H,25,27). The first-order chi connectivity index (χ1) is 13.8. The number of nitrogens with one attached hydrogen (secondary N) is 1. The van der Waals surface area contributed by atoms with Gasteiger partial charge in [-0.05, 0) is 35.2 Å². The molecule has 29 heavy (non-hydrogen) atoms. The van der Waals surface area contributed by atoms with Gasteiger partial charge in [-0.2, -0.15) is 0 Å². The van der Waals surface area contributed by atoms with Gasteiger partial charge in [0.2, 0.25) is 5.91 Å². The smallest absolute Gasteiger partial charge is 0.226 e. The molecule has 0 aliphatic rings. The Labute approximate surface area is 180 Å². The van der Waals surface area contributed by atoms with Crippen molar-refractivity contribution < 1.29 is 9.53 Å². The molecule has 1 aromatic heterocycles. The highest BCUT2D eigenvalue weighted by molar-refractivity contribution is 7.13. The van der Waals surface area contributed by atoms with E-state index in [1.165, 1.54) is 16.9 Å². The Morgan fingerprint density at radius 3 is 2.62 bits per heavy atom. The molecule has 2 aromatic carbocycles. The first-order valence-corrected chi connectivity index (χ1v) is 10.8. The summed E-state index contributed by atoms with van der Waals surface area (Å²) < 4.78 is 5.71. The molecule has 0 radical (unpaired) electrons. The number of thiazole rings is 1. The lowest BCUT2D eigenvalue weighted by Crippen LogP contribution is -2.29. The highest BCUT2D eigenvalue weighted by atomic mass is 35.5. The molecule has 0 unspecified atom stereocenters. The van der Waals surface area contributed by atoms with Crippen LogP contribution in [0, 0.1) is 0 Å². The lowest BCUT2D eigenvalue weighted by atomic mass is 9.87. The molecule has 152 valence electrons. The third-order valence-electron chi connectivity index (χ3n) is 4.38. The summed E-state index contributed by atoms with van der Waals surface area (Å²) in [6.45, 7) is 7.41. The molecular weight excluding hydrogens is 404 g/mol. The highest BCUT2D eigenvalue weighted by Gasteiger charge is 2.13. The van der Waals surface area contributed by atoms with E-state index in [2.05, 4.69) is 43.2 Å². The summed E-state index contributed by atoms with van der Waals surface area (Å²) in [4.78, 5) is 16.7. The van der Waals surface area contributed by atoms with E-state index in [-0.39, 0.29) is 17.7 Å². The predicted octanol–water partition coefficient (Wildman–Crippen LogP) is 5.50. The maximum absolute atomic E-state index is 12.2. The average molecular weight is 429 g/mol. The molecule has 3 aromatic rings. The fourth-order valence-corrected chi connectivity index (χ4v) is 3.79. The number of aromatic nitrogens is 1. The van der Waals surface area contributed by atoms with Crippen LogP contribution in [0.2, 0.25) is 5.02 Å². The summed E-state index contributed by atoms with van der Waals surface area (Å²) in [5, 5.41) is 6.31. The maximum Gasteiger partial charge on any atom is 0.226 e. The molecule has 3 rings (SSSR count). The zero-order valence-corrected chi connectivity index (χ0v) is 18.4. The number of carbonyl (C=O) groups is 1. The molecule has 1 amide bonds. The number of benzene rings is 2. The molecule has 0 fully saturated rings. The molecule has 6 heteroatoms. The van der Waals surface area contributed by atoms with Gasteiger partial charge in [-0.1, -0.05) is 56.6 Å². The van der Waals surface area contributed by atoms with Crippen LogP contribution >= 0.6 is 22.9 Å². The van der Waals surface area contributed by atoms with Gasteiger partial charge in [0.05, 0.1) is 18.7 Å². The van der Waals surface area contributed by atoms with Gasteiger partial charge in [0.25, 0.3) is 0 Å². The Morgan fingerprint density at radius 1 is 1.17 bits per heavy atom. The van der Waals surface area contributed by atoms with Crippen LogP contribution in [0.25, 0.3) is 10.6 Å². The van der Waals surface area contributed by atoms with Crippen molar-refractivity contribution in [2.75, 3.05) is 13.2 Å². The number of ether oxygens (including phenoxy) is 1. The van der Waals surface area contributed by atoms with Crippen LogP contribution in [-0.4, -0.2) is 24.0 Å². The van der Waals surface area contributed by atoms with Gasteiger partial charge in [-0.25, -0.2) is 4.98 Å². The molecule has 1 N–H and O–H groups in total. The van der Waals surface area contributed by atoms with Crippen molar-refractivity contribution in [3.05, 3.63) is 70.2 Å². The van der Waals surface area contributed by atoms with Crippen molar-refractivity contribution >= 4 is 28.8 Å². The second-order valence-electron chi connectivity index (χ2n) is 7.80. The van der Waals surface area contributed by atoms with Crippen LogP contribution in [0.4, 0.5) is 0 Å². The Morgan fingerprint density at radius 2 is 1.93 bits per heavy atom. The van der Waals surface area contributed by atoms with E-state index in [1.54, 1.807) is 0 Å². The largest absolute Gasteiger partial charge is 0.492 e. The van der Waals surface area contributed by atoms with Crippen molar-refractivity contribution in [3.63, 3.8) is 0 Å². The highest BCUT2D eigenvalue weighted by Crippen LogP contribution is 2.26. The minimum Gasteiger partial charge on any atom is -0.492 e. The lowest BCUT2D eigenvalue weighted by molar-refractivity contribution is -0.120.